The SMILES string of the molecule is CCC1(C)CN(Cc2ccc(O)cc2)C(C)CCN1. The van der Waals surface area contributed by atoms with E-state index in [9.17, 15) is 5.11 Å². The number of phenolic OH excluding ortho intramolecular Hbond substituents is 1. The monoisotopic (exact) mass is 262 g/mol. The van der Waals surface area contributed by atoms with E-state index in [1.807, 2.05) is 12.1 Å². The van der Waals surface area contributed by atoms with Crippen molar-refractivity contribution >= 4 is 0 Å². The highest BCUT2D eigenvalue weighted by atomic mass is 16.3. The fraction of sp³-hybridized carbons (Fsp3) is 0.625. The van der Waals surface area contributed by atoms with E-state index in [1.54, 1.807) is 12.1 Å². The van der Waals surface area contributed by atoms with Crippen LogP contribution >= 0.6 is 0 Å². The first-order valence-electron chi connectivity index (χ1n) is 7.29. The molecule has 1 fully saturated rings. The molecule has 19 heavy (non-hydrogen) atoms. The second-order valence-electron chi connectivity index (χ2n) is 6.05. The molecule has 0 amide bonds. The molecule has 0 saturated carbocycles. The van der Waals surface area contributed by atoms with Gasteiger partial charge in [-0.3, -0.25) is 4.90 Å². The molecule has 2 unspecified atom stereocenters. The number of nitrogens with zero attached hydrogens (tertiary/aromatic N) is 1. The van der Waals surface area contributed by atoms with Crippen molar-refractivity contribution < 1.29 is 5.11 Å². The molecule has 0 bridgehead atoms. The second-order valence-corrected chi connectivity index (χ2v) is 6.05. The van der Waals surface area contributed by atoms with Gasteiger partial charge in [-0.05, 0) is 50.9 Å². The van der Waals surface area contributed by atoms with Gasteiger partial charge in [0.1, 0.15) is 5.75 Å². The normalized spacial score (nSPS) is 29.1. The number of rotatable bonds is 3. The van der Waals surface area contributed by atoms with Crippen LogP contribution in [0.25, 0.3) is 0 Å². The Morgan fingerprint density at radius 1 is 1.37 bits per heavy atom. The third kappa shape index (κ3) is 3.71. The van der Waals surface area contributed by atoms with Crippen molar-refractivity contribution in [2.24, 2.45) is 0 Å². The van der Waals surface area contributed by atoms with Crippen LogP contribution in [0.15, 0.2) is 24.3 Å². The van der Waals surface area contributed by atoms with Gasteiger partial charge in [0, 0.05) is 24.7 Å². The summed E-state index contributed by atoms with van der Waals surface area (Å²) in [5, 5.41) is 13.0. The van der Waals surface area contributed by atoms with Crippen molar-refractivity contribution in [2.75, 3.05) is 13.1 Å². The molecule has 0 spiro atoms. The van der Waals surface area contributed by atoms with E-state index in [1.165, 1.54) is 12.0 Å². The Bertz CT molecular complexity index is 404. The van der Waals surface area contributed by atoms with Crippen LogP contribution in [0.2, 0.25) is 0 Å². The summed E-state index contributed by atoms with van der Waals surface area (Å²) in [5.74, 6) is 0.340. The van der Waals surface area contributed by atoms with Crippen molar-refractivity contribution in [3.8, 4) is 5.75 Å². The van der Waals surface area contributed by atoms with Gasteiger partial charge < -0.3 is 10.4 Å². The molecule has 1 aliphatic rings. The minimum Gasteiger partial charge on any atom is -0.508 e. The van der Waals surface area contributed by atoms with E-state index in [2.05, 4.69) is 31.0 Å². The minimum atomic E-state index is 0.210. The van der Waals surface area contributed by atoms with Gasteiger partial charge in [-0.25, -0.2) is 0 Å². The van der Waals surface area contributed by atoms with E-state index in [-0.39, 0.29) is 5.54 Å². The number of nitrogens with one attached hydrogen (secondary N) is 1. The largest absolute Gasteiger partial charge is 0.508 e. The van der Waals surface area contributed by atoms with Gasteiger partial charge in [-0.1, -0.05) is 19.1 Å². The highest BCUT2D eigenvalue weighted by molar-refractivity contribution is 5.25. The summed E-state index contributed by atoms with van der Waals surface area (Å²) < 4.78 is 0. The Morgan fingerprint density at radius 3 is 2.68 bits per heavy atom. The van der Waals surface area contributed by atoms with Gasteiger partial charge in [0.05, 0.1) is 0 Å². The lowest BCUT2D eigenvalue weighted by Crippen LogP contribution is -2.49. The van der Waals surface area contributed by atoms with E-state index in [0.717, 1.165) is 26.1 Å². The molecular weight excluding hydrogens is 236 g/mol. The van der Waals surface area contributed by atoms with Crippen LogP contribution in [-0.2, 0) is 6.54 Å². The van der Waals surface area contributed by atoms with E-state index < -0.39 is 0 Å². The molecule has 2 atom stereocenters. The summed E-state index contributed by atoms with van der Waals surface area (Å²) in [6, 6.07) is 8.17. The fourth-order valence-electron chi connectivity index (χ4n) is 2.71. The maximum Gasteiger partial charge on any atom is 0.115 e. The number of hydrogen-bond donors (Lipinski definition) is 2. The van der Waals surface area contributed by atoms with Gasteiger partial charge >= 0.3 is 0 Å². The van der Waals surface area contributed by atoms with Crippen molar-refractivity contribution in [3.63, 3.8) is 0 Å². The highest BCUT2D eigenvalue weighted by Crippen LogP contribution is 2.21. The molecule has 3 heteroatoms. The first kappa shape index (κ1) is 14.4. The van der Waals surface area contributed by atoms with Crippen LogP contribution in [-0.4, -0.2) is 34.7 Å². The fourth-order valence-corrected chi connectivity index (χ4v) is 2.71. The molecule has 0 aliphatic carbocycles. The third-order valence-electron chi connectivity index (χ3n) is 4.39. The lowest BCUT2D eigenvalue weighted by atomic mass is 9.98. The van der Waals surface area contributed by atoms with E-state index >= 15 is 0 Å². The molecule has 0 radical (unpaired) electrons. The standard InChI is InChI=1S/C16H26N2O/c1-4-16(3)12-18(13(2)9-10-17-16)11-14-5-7-15(19)8-6-14/h5-8,13,17,19H,4,9-12H2,1-3H3. The first-order valence-corrected chi connectivity index (χ1v) is 7.29. The highest BCUT2D eigenvalue weighted by Gasteiger charge is 2.30. The maximum atomic E-state index is 9.36. The smallest absolute Gasteiger partial charge is 0.115 e. The molecule has 1 aliphatic heterocycles. The molecule has 1 heterocycles. The summed E-state index contributed by atoms with van der Waals surface area (Å²) in [4.78, 5) is 2.55. The minimum absolute atomic E-state index is 0.210. The van der Waals surface area contributed by atoms with Crippen LogP contribution in [0.5, 0.6) is 5.75 Å². The van der Waals surface area contributed by atoms with E-state index in [4.69, 9.17) is 0 Å². The molecule has 1 aromatic rings. The lowest BCUT2D eigenvalue weighted by Gasteiger charge is -2.35. The van der Waals surface area contributed by atoms with Gasteiger partial charge in [0.2, 0.25) is 0 Å². The van der Waals surface area contributed by atoms with Gasteiger partial charge in [-0.15, -0.1) is 0 Å². The number of hydrogen-bond acceptors (Lipinski definition) is 3. The molecule has 0 aromatic heterocycles. The summed E-state index contributed by atoms with van der Waals surface area (Å²) in [7, 11) is 0. The van der Waals surface area contributed by atoms with Crippen LogP contribution < -0.4 is 5.32 Å². The van der Waals surface area contributed by atoms with Crippen molar-refractivity contribution in [3.05, 3.63) is 29.8 Å². The second kappa shape index (κ2) is 5.93. The number of benzene rings is 1. The van der Waals surface area contributed by atoms with Crippen molar-refractivity contribution in [2.45, 2.75) is 51.7 Å². The van der Waals surface area contributed by atoms with Gasteiger partial charge in [0.15, 0.2) is 0 Å². The summed E-state index contributed by atoms with van der Waals surface area (Å²) in [6.07, 6.45) is 2.33. The Labute approximate surface area is 116 Å². The zero-order chi connectivity index (χ0) is 13.9. The molecule has 3 nitrogen and oxygen atoms in total. The number of aromatic hydroxyl groups is 1. The maximum absolute atomic E-state index is 9.36. The van der Waals surface area contributed by atoms with Crippen molar-refractivity contribution in [1.82, 2.24) is 10.2 Å². The van der Waals surface area contributed by atoms with Crippen LogP contribution in [0.3, 0.4) is 0 Å². The summed E-state index contributed by atoms with van der Waals surface area (Å²) in [5.41, 5.74) is 1.48. The Morgan fingerprint density at radius 2 is 2.05 bits per heavy atom. The molecule has 2 N–H and O–H groups in total. The third-order valence-corrected chi connectivity index (χ3v) is 4.39. The lowest BCUT2D eigenvalue weighted by molar-refractivity contribution is 0.163. The topological polar surface area (TPSA) is 35.5 Å². The van der Waals surface area contributed by atoms with Gasteiger partial charge in [-0.2, -0.15) is 0 Å². The Balaban J connectivity index is 2.09. The zero-order valence-electron chi connectivity index (χ0n) is 12.3. The van der Waals surface area contributed by atoms with Crippen LogP contribution in [0, 0.1) is 0 Å². The average molecular weight is 262 g/mol. The predicted octanol–water partition coefficient (Wildman–Crippen LogP) is 2.74. The molecule has 106 valence electrons. The molecule has 1 saturated heterocycles. The Hall–Kier alpha value is -1.06. The molecular formula is C16H26N2O. The van der Waals surface area contributed by atoms with Crippen LogP contribution in [0.1, 0.15) is 39.2 Å². The molecule has 2 rings (SSSR count). The quantitative estimate of drug-likeness (QED) is 0.879. The zero-order valence-corrected chi connectivity index (χ0v) is 12.3. The average Bonchev–Trinajstić information content (AvgIpc) is 2.53. The Kier molecular flexibility index (Phi) is 4.48. The predicted molar refractivity (Wildman–Crippen MR) is 79.3 cm³/mol. The molecule has 1 aromatic carbocycles. The van der Waals surface area contributed by atoms with Crippen LogP contribution in [0.4, 0.5) is 0 Å². The van der Waals surface area contributed by atoms with E-state index in [0.29, 0.717) is 11.8 Å². The first-order chi connectivity index (χ1) is 9.02. The summed E-state index contributed by atoms with van der Waals surface area (Å²) >= 11 is 0. The van der Waals surface area contributed by atoms with Crippen molar-refractivity contribution in [1.29, 1.82) is 0 Å². The number of phenols is 1. The van der Waals surface area contributed by atoms with Gasteiger partial charge in [0.25, 0.3) is 0 Å². The summed E-state index contributed by atoms with van der Waals surface area (Å²) in [6.45, 7) is 10.0.